The molecule has 0 fully saturated rings. The Labute approximate surface area is 137 Å². The minimum Gasteiger partial charge on any atom is -0.452 e. The molecule has 1 aromatic carbocycles. The highest BCUT2D eigenvalue weighted by Gasteiger charge is 2.22. The van der Waals surface area contributed by atoms with Gasteiger partial charge in [0.1, 0.15) is 0 Å². The number of carbonyl (C=O) groups excluding carboxylic acids is 1. The van der Waals surface area contributed by atoms with Crippen molar-refractivity contribution in [2.45, 2.75) is 32.9 Å². The van der Waals surface area contributed by atoms with E-state index in [0.717, 1.165) is 19.5 Å². The Morgan fingerprint density at radius 2 is 2.26 bits per heavy atom. The second-order valence-electron chi connectivity index (χ2n) is 6.20. The van der Waals surface area contributed by atoms with E-state index < -0.39 is 0 Å². The molecule has 0 atom stereocenters. The van der Waals surface area contributed by atoms with Gasteiger partial charge >= 0.3 is 5.97 Å². The van der Waals surface area contributed by atoms with Gasteiger partial charge in [-0.15, -0.1) is 6.42 Å². The van der Waals surface area contributed by atoms with E-state index in [4.69, 9.17) is 11.2 Å². The average molecular weight is 310 g/mol. The predicted octanol–water partition coefficient (Wildman–Crippen LogP) is 2.50. The Morgan fingerprint density at radius 3 is 3.04 bits per heavy atom. The van der Waals surface area contributed by atoms with Crippen molar-refractivity contribution in [2.75, 3.05) is 20.2 Å². The van der Waals surface area contributed by atoms with Crippen LogP contribution in [-0.2, 0) is 29.0 Å². The van der Waals surface area contributed by atoms with Crippen LogP contribution in [0.15, 0.2) is 18.2 Å². The molecule has 120 valence electrons. The summed E-state index contributed by atoms with van der Waals surface area (Å²) in [5.74, 6) is 2.09. The van der Waals surface area contributed by atoms with E-state index >= 15 is 0 Å². The second-order valence-corrected chi connectivity index (χ2v) is 6.20. The lowest BCUT2D eigenvalue weighted by Crippen LogP contribution is -2.27. The Kier molecular flexibility index (Phi) is 4.40. The molecule has 0 N–H and O–H groups in total. The second kappa shape index (κ2) is 6.47. The number of hydrogen-bond acceptors (Lipinski definition) is 3. The lowest BCUT2D eigenvalue weighted by molar-refractivity contribution is -0.142. The summed E-state index contributed by atoms with van der Waals surface area (Å²) in [4.78, 5) is 14.1. The molecule has 1 aliphatic heterocycles. The summed E-state index contributed by atoms with van der Waals surface area (Å²) in [5.41, 5.74) is 5.22. The minimum atomic E-state index is -0.237. The first-order valence-electron chi connectivity index (χ1n) is 7.98. The first kappa shape index (κ1) is 15.6. The third-order valence-electron chi connectivity index (χ3n) is 4.46. The van der Waals surface area contributed by atoms with E-state index in [9.17, 15) is 4.79 Å². The van der Waals surface area contributed by atoms with Gasteiger partial charge in [-0.3, -0.25) is 4.79 Å². The van der Waals surface area contributed by atoms with Crippen LogP contribution in [0.3, 0.4) is 0 Å². The van der Waals surface area contributed by atoms with E-state index in [1.807, 2.05) is 0 Å². The van der Waals surface area contributed by atoms with E-state index in [1.165, 1.54) is 27.7 Å². The molecule has 0 aliphatic carbocycles. The molecule has 1 aromatic heterocycles. The van der Waals surface area contributed by atoms with Gasteiger partial charge in [0.2, 0.25) is 0 Å². The fourth-order valence-electron chi connectivity index (χ4n) is 3.35. The molecule has 4 heteroatoms. The molecule has 0 saturated carbocycles. The van der Waals surface area contributed by atoms with Crippen LogP contribution in [0.4, 0.5) is 0 Å². The molecule has 2 aromatic rings. The summed E-state index contributed by atoms with van der Waals surface area (Å²) < 4.78 is 7.27. The number of benzene rings is 1. The SMILES string of the molecule is C#CCOC(=O)CCn1c2c(c3cc(C)ccc31)CN(C)CC2. The number of rotatable bonds is 4. The van der Waals surface area contributed by atoms with Crippen LogP contribution in [-0.4, -0.2) is 35.6 Å². The lowest BCUT2D eigenvalue weighted by atomic mass is 10.0. The number of aryl methyl sites for hydroxylation is 2. The standard InChI is InChI=1S/C19H22N2O2/c1-4-11-23-19(22)8-10-21-17-6-5-14(2)12-15(17)16-13-20(3)9-7-18(16)21/h1,5-6,12H,7-11,13H2,2-3H3. The Balaban J connectivity index is 1.93. The molecule has 23 heavy (non-hydrogen) atoms. The Bertz CT molecular complexity index is 783. The molecule has 1 aliphatic rings. The van der Waals surface area contributed by atoms with Gasteiger partial charge in [0.25, 0.3) is 0 Å². The summed E-state index contributed by atoms with van der Waals surface area (Å²) in [6.07, 6.45) is 6.48. The molecule has 0 amide bonds. The van der Waals surface area contributed by atoms with Crippen LogP contribution < -0.4 is 0 Å². The number of likely N-dealkylation sites (N-methyl/N-ethyl adjacent to an activating group) is 1. The third kappa shape index (κ3) is 3.11. The predicted molar refractivity (Wildman–Crippen MR) is 91.1 cm³/mol. The number of aromatic nitrogens is 1. The molecule has 3 rings (SSSR count). The lowest BCUT2D eigenvalue weighted by Gasteiger charge is -2.24. The molecule has 0 unspecified atom stereocenters. The molecule has 0 saturated heterocycles. The molecular formula is C19H22N2O2. The third-order valence-corrected chi connectivity index (χ3v) is 4.46. The smallest absolute Gasteiger partial charge is 0.308 e. The van der Waals surface area contributed by atoms with Crippen LogP contribution in [0.1, 0.15) is 23.2 Å². The van der Waals surface area contributed by atoms with Crippen LogP contribution in [0.2, 0.25) is 0 Å². The van der Waals surface area contributed by atoms with Crippen molar-refractivity contribution in [3.63, 3.8) is 0 Å². The highest BCUT2D eigenvalue weighted by atomic mass is 16.5. The number of fused-ring (bicyclic) bond motifs is 3. The fraction of sp³-hybridized carbons (Fsp3) is 0.421. The van der Waals surface area contributed by atoms with Gasteiger partial charge in [-0.2, -0.15) is 0 Å². The van der Waals surface area contributed by atoms with Gasteiger partial charge in [-0.1, -0.05) is 17.6 Å². The molecule has 0 bridgehead atoms. The highest BCUT2D eigenvalue weighted by molar-refractivity contribution is 5.86. The summed E-state index contributed by atoms with van der Waals surface area (Å²) in [6.45, 7) is 4.82. The summed E-state index contributed by atoms with van der Waals surface area (Å²) in [5, 5.41) is 1.31. The average Bonchev–Trinajstić information content (AvgIpc) is 2.83. The number of carbonyl (C=O) groups is 1. The van der Waals surface area contributed by atoms with Crippen molar-refractivity contribution in [3.8, 4) is 12.3 Å². The zero-order valence-corrected chi connectivity index (χ0v) is 13.8. The number of nitrogens with zero attached hydrogens (tertiary/aromatic N) is 2. The van der Waals surface area contributed by atoms with Crippen molar-refractivity contribution in [3.05, 3.63) is 35.0 Å². The van der Waals surface area contributed by atoms with Gasteiger partial charge in [0.05, 0.1) is 6.42 Å². The van der Waals surface area contributed by atoms with Crippen LogP contribution >= 0.6 is 0 Å². The maximum atomic E-state index is 11.8. The topological polar surface area (TPSA) is 34.5 Å². The van der Waals surface area contributed by atoms with E-state index in [-0.39, 0.29) is 12.6 Å². The van der Waals surface area contributed by atoms with Crippen molar-refractivity contribution in [1.29, 1.82) is 0 Å². The zero-order chi connectivity index (χ0) is 16.4. The number of terminal acetylenes is 1. The van der Waals surface area contributed by atoms with Gasteiger partial charge in [0.15, 0.2) is 6.61 Å². The van der Waals surface area contributed by atoms with E-state index in [1.54, 1.807) is 0 Å². The van der Waals surface area contributed by atoms with Crippen molar-refractivity contribution in [2.24, 2.45) is 0 Å². The van der Waals surface area contributed by atoms with E-state index in [0.29, 0.717) is 13.0 Å². The summed E-state index contributed by atoms with van der Waals surface area (Å²) in [7, 11) is 2.15. The molecule has 4 nitrogen and oxygen atoms in total. The Morgan fingerprint density at radius 1 is 1.43 bits per heavy atom. The summed E-state index contributed by atoms with van der Waals surface area (Å²) in [6, 6.07) is 6.54. The largest absolute Gasteiger partial charge is 0.452 e. The first-order chi connectivity index (χ1) is 11.1. The highest BCUT2D eigenvalue weighted by Crippen LogP contribution is 2.31. The van der Waals surface area contributed by atoms with E-state index in [2.05, 4.69) is 47.6 Å². The molecule has 0 spiro atoms. The van der Waals surface area contributed by atoms with Crippen LogP contribution in [0.25, 0.3) is 10.9 Å². The zero-order valence-electron chi connectivity index (χ0n) is 13.8. The normalized spacial score (nSPS) is 14.5. The molecule has 2 heterocycles. The monoisotopic (exact) mass is 310 g/mol. The minimum absolute atomic E-state index is 0.0490. The van der Waals surface area contributed by atoms with Crippen molar-refractivity contribution >= 4 is 16.9 Å². The van der Waals surface area contributed by atoms with Gasteiger partial charge in [0, 0.05) is 42.7 Å². The summed E-state index contributed by atoms with van der Waals surface area (Å²) >= 11 is 0. The number of ether oxygens (including phenoxy) is 1. The van der Waals surface area contributed by atoms with Crippen LogP contribution in [0.5, 0.6) is 0 Å². The van der Waals surface area contributed by atoms with Gasteiger partial charge in [-0.05, 0) is 31.7 Å². The first-order valence-corrected chi connectivity index (χ1v) is 7.98. The maximum Gasteiger partial charge on any atom is 0.308 e. The molecular weight excluding hydrogens is 288 g/mol. The Hall–Kier alpha value is -2.25. The quantitative estimate of drug-likeness (QED) is 0.643. The van der Waals surface area contributed by atoms with Crippen molar-refractivity contribution < 1.29 is 9.53 Å². The maximum absolute atomic E-state index is 11.8. The van der Waals surface area contributed by atoms with Gasteiger partial charge < -0.3 is 14.2 Å². The fourth-order valence-corrected chi connectivity index (χ4v) is 3.35. The number of hydrogen-bond donors (Lipinski definition) is 0. The number of esters is 1. The van der Waals surface area contributed by atoms with Crippen LogP contribution in [0, 0.1) is 19.3 Å². The molecule has 0 radical (unpaired) electrons. The van der Waals surface area contributed by atoms with Crippen molar-refractivity contribution in [1.82, 2.24) is 9.47 Å². The van der Waals surface area contributed by atoms with Gasteiger partial charge in [-0.25, -0.2) is 0 Å².